The number of carbonyl (C=O) groups excluding carboxylic acids is 1. The number of likely N-dealkylation sites (tertiary alicyclic amines) is 1. The second-order valence-electron chi connectivity index (χ2n) is 6.52. The molecule has 2 aromatic heterocycles. The number of hydrogen-bond donors (Lipinski definition) is 0. The molecular formula is C18H18N6O4. The molecule has 0 N–H and O–H groups in total. The minimum atomic E-state index is -0.671. The molecule has 0 unspecified atom stereocenters. The summed E-state index contributed by atoms with van der Waals surface area (Å²) in [4.78, 5) is 43.2. The molecule has 0 radical (unpaired) electrons. The minimum Gasteiger partial charge on any atom is -0.334 e. The van der Waals surface area contributed by atoms with Crippen molar-refractivity contribution in [3.05, 3.63) is 57.1 Å². The molecule has 1 amide bonds. The number of hydrogen-bond acceptors (Lipinski definition) is 7. The van der Waals surface area contributed by atoms with Gasteiger partial charge >= 0.3 is 17.5 Å². The second-order valence-corrected chi connectivity index (χ2v) is 6.52. The van der Waals surface area contributed by atoms with E-state index in [1.807, 2.05) is 0 Å². The van der Waals surface area contributed by atoms with Crippen LogP contribution >= 0.6 is 0 Å². The largest absolute Gasteiger partial charge is 0.351 e. The van der Waals surface area contributed by atoms with E-state index in [-0.39, 0.29) is 23.3 Å². The zero-order valence-electron chi connectivity index (χ0n) is 15.2. The fourth-order valence-corrected chi connectivity index (χ4v) is 3.09. The van der Waals surface area contributed by atoms with Crippen molar-refractivity contribution in [2.45, 2.75) is 19.3 Å². The maximum atomic E-state index is 12.5. The van der Waals surface area contributed by atoms with E-state index in [4.69, 9.17) is 4.52 Å². The highest BCUT2D eigenvalue weighted by molar-refractivity contribution is 5.90. The monoisotopic (exact) mass is 382 g/mol. The summed E-state index contributed by atoms with van der Waals surface area (Å²) in [5, 5.41) is 7.86. The molecule has 0 saturated carbocycles. The van der Waals surface area contributed by atoms with Gasteiger partial charge in [-0.05, 0) is 31.4 Å². The number of piperidine rings is 1. The highest BCUT2D eigenvalue weighted by Gasteiger charge is 2.26. The average Bonchev–Trinajstić information content (AvgIpc) is 3.23. The molecule has 28 heavy (non-hydrogen) atoms. The zero-order chi connectivity index (χ0) is 19.7. The zero-order valence-corrected chi connectivity index (χ0v) is 15.2. The van der Waals surface area contributed by atoms with Crippen LogP contribution in [0.1, 0.15) is 29.9 Å². The highest BCUT2D eigenvalue weighted by Crippen LogP contribution is 2.14. The molecular weight excluding hydrogens is 364 g/mol. The molecule has 1 fully saturated rings. The van der Waals surface area contributed by atoms with Gasteiger partial charge in [-0.15, -0.1) is 0 Å². The summed E-state index contributed by atoms with van der Waals surface area (Å²) in [6, 6.07) is 8.67. The smallest absolute Gasteiger partial charge is 0.334 e. The van der Waals surface area contributed by atoms with Gasteiger partial charge in [-0.25, -0.2) is 4.79 Å². The van der Waals surface area contributed by atoms with Crippen LogP contribution in [0.25, 0.3) is 17.2 Å². The maximum absolute atomic E-state index is 12.5. The first kappa shape index (κ1) is 17.8. The van der Waals surface area contributed by atoms with Crippen molar-refractivity contribution in [1.29, 1.82) is 0 Å². The van der Waals surface area contributed by atoms with E-state index in [0.29, 0.717) is 18.8 Å². The van der Waals surface area contributed by atoms with E-state index in [9.17, 15) is 14.4 Å². The van der Waals surface area contributed by atoms with Gasteiger partial charge in [0.1, 0.15) is 0 Å². The van der Waals surface area contributed by atoms with Crippen molar-refractivity contribution in [1.82, 2.24) is 29.4 Å². The molecule has 10 heteroatoms. The van der Waals surface area contributed by atoms with Crippen LogP contribution in [-0.2, 0) is 7.05 Å². The van der Waals surface area contributed by atoms with Gasteiger partial charge in [0, 0.05) is 20.1 Å². The summed E-state index contributed by atoms with van der Waals surface area (Å²) in [7, 11) is 1.34. The molecule has 0 aliphatic carbocycles. The van der Waals surface area contributed by atoms with Crippen LogP contribution < -0.4 is 11.2 Å². The third-order valence-corrected chi connectivity index (χ3v) is 4.64. The Kier molecular flexibility index (Phi) is 4.60. The molecule has 1 aliphatic rings. The number of aromatic nitrogens is 5. The number of rotatable bonds is 3. The molecule has 3 heterocycles. The Labute approximate surface area is 159 Å². The lowest BCUT2D eigenvalue weighted by atomic mass is 10.1. The van der Waals surface area contributed by atoms with E-state index in [0.717, 1.165) is 28.5 Å². The van der Waals surface area contributed by atoms with Crippen molar-refractivity contribution in [3.8, 4) is 17.2 Å². The van der Waals surface area contributed by atoms with Crippen LogP contribution in [0.15, 0.2) is 44.4 Å². The molecule has 1 saturated heterocycles. The van der Waals surface area contributed by atoms with Crippen molar-refractivity contribution < 1.29 is 9.32 Å². The summed E-state index contributed by atoms with van der Waals surface area (Å²) in [6.45, 7) is 1.27. The van der Waals surface area contributed by atoms with Crippen LogP contribution in [0.4, 0.5) is 0 Å². The Balaban J connectivity index is 1.75. The second kappa shape index (κ2) is 7.22. The number of benzene rings is 1. The first-order valence-electron chi connectivity index (χ1n) is 8.95. The van der Waals surface area contributed by atoms with Crippen LogP contribution in [0.2, 0.25) is 0 Å². The van der Waals surface area contributed by atoms with E-state index < -0.39 is 11.2 Å². The summed E-state index contributed by atoms with van der Waals surface area (Å²) in [5.74, 6) is -0.699. The predicted molar refractivity (Wildman–Crippen MR) is 98.1 cm³/mol. The third kappa shape index (κ3) is 3.13. The van der Waals surface area contributed by atoms with Crippen molar-refractivity contribution in [3.63, 3.8) is 0 Å². The third-order valence-electron chi connectivity index (χ3n) is 4.64. The first-order chi connectivity index (χ1) is 13.6. The molecule has 0 spiro atoms. The van der Waals surface area contributed by atoms with Crippen molar-refractivity contribution in [2.24, 2.45) is 7.05 Å². The average molecular weight is 382 g/mol. The molecule has 1 aliphatic heterocycles. The van der Waals surface area contributed by atoms with Gasteiger partial charge in [0.05, 0.1) is 5.69 Å². The lowest BCUT2D eigenvalue weighted by Gasteiger charge is -2.24. The summed E-state index contributed by atoms with van der Waals surface area (Å²) in [6.07, 6.45) is 2.94. The molecule has 0 bridgehead atoms. The number of nitrogens with zero attached hydrogens (tertiary/aromatic N) is 6. The van der Waals surface area contributed by atoms with E-state index in [1.165, 1.54) is 7.05 Å². The lowest BCUT2D eigenvalue weighted by Crippen LogP contribution is -2.40. The summed E-state index contributed by atoms with van der Waals surface area (Å²) >= 11 is 0. The Bertz CT molecular complexity index is 1120. The Morgan fingerprint density at radius 3 is 2.50 bits per heavy atom. The molecule has 3 aromatic rings. The summed E-state index contributed by atoms with van der Waals surface area (Å²) < 4.78 is 7.07. The first-order valence-corrected chi connectivity index (χ1v) is 8.95. The van der Waals surface area contributed by atoms with Gasteiger partial charge in [-0.3, -0.25) is 14.2 Å². The van der Waals surface area contributed by atoms with Crippen LogP contribution in [0.5, 0.6) is 0 Å². The van der Waals surface area contributed by atoms with E-state index >= 15 is 0 Å². The molecule has 1 aromatic carbocycles. The predicted octanol–water partition coefficient (Wildman–Crippen LogP) is 0.607. The highest BCUT2D eigenvalue weighted by atomic mass is 16.5. The minimum absolute atomic E-state index is 0.134. The molecule has 4 rings (SSSR count). The van der Waals surface area contributed by atoms with Crippen LogP contribution in [-0.4, -0.2) is 48.4 Å². The quantitative estimate of drug-likeness (QED) is 0.651. The number of carbonyl (C=O) groups is 1. The normalized spacial score (nSPS) is 14.2. The lowest BCUT2D eigenvalue weighted by molar-refractivity contribution is 0.0674. The van der Waals surface area contributed by atoms with E-state index in [2.05, 4.69) is 15.2 Å². The molecule has 0 atom stereocenters. The maximum Gasteiger partial charge on any atom is 0.351 e. The van der Waals surface area contributed by atoms with Crippen molar-refractivity contribution in [2.75, 3.05) is 13.1 Å². The summed E-state index contributed by atoms with van der Waals surface area (Å²) in [5.41, 5.74) is -0.965. The standard InChI is InChI=1S/C18H18N6O4/c1-22-16(25)13(20-24(18(22)27)12-8-4-2-5-9-12)14-19-15(28-21-14)17(26)23-10-6-3-7-11-23/h2,4-5,8-9H,3,6-7,10-11H2,1H3. The van der Waals surface area contributed by atoms with Crippen LogP contribution in [0, 0.1) is 0 Å². The van der Waals surface area contributed by atoms with Gasteiger partial charge in [-0.1, -0.05) is 23.4 Å². The van der Waals surface area contributed by atoms with Crippen molar-refractivity contribution >= 4 is 5.91 Å². The topological polar surface area (TPSA) is 116 Å². The SMILES string of the molecule is Cn1c(=O)c(-c2noc(C(=O)N3CCCCC3)n2)nn(-c2ccccc2)c1=O. The fourth-order valence-electron chi connectivity index (χ4n) is 3.09. The number of amides is 1. The van der Waals surface area contributed by atoms with Gasteiger partial charge < -0.3 is 9.42 Å². The van der Waals surface area contributed by atoms with Gasteiger partial charge in [0.25, 0.3) is 5.56 Å². The van der Waals surface area contributed by atoms with Crippen LogP contribution in [0.3, 0.4) is 0 Å². The Morgan fingerprint density at radius 1 is 1.07 bits per heavy atom. The number of para-hydroxylation sites is 1. The Morgan fingerprint density at radius 2 is 1.79 bits per heavy atom. The van der Waals surface area contributed by atoms with Gasteiger partial charge in [0.2, 0.25) is 5.82 Å². The van der Waals surface area contributed by atoms with Gasteiger partial charge in [0.15, 0.2) is 5.69 Å². The Hall–Kier alpha value is -3.56. The molecule has 10 nitrogen and oxygen atoms in total. The molecule has 144 valence electrons. The van der Waals surface area contributed by atoms with Gasteiger partial charge in [-0.2, -0.15) is 14.8 Å². The van der Waals surface area contributed by atoms with E-state index in [1.54, 1.807) is 35.2 Å². The fraction of sp³-hybridized carbons (Fsp3) is 0.333.